The second kappa shape index (κ2) is 6.53. The SMILES string of the molecule is COc1cc(CO)ccc1OC(=O)c1nc(C)c(C)nc1C. The molecule has 6 nitrogen and oxygen atoms in total. The fourth-order valence-electron chi connectivity index (χ4n) is 1.95. The van der Waals surface area contributed by atoms with Gasteiger partial charge in [0.15, 0.2) is 17.2 Å². The summed E-state index contributed by atoms with van der Waals surface area (Å²) in [4.78, 5) is 20.8. The first-order valence-corrected chi connectivity index (χ1v) is 6.78. The Bertz CT molecular complexity index is 714. The predicted molar refractivity (Wildman–Crippen MR) is 80.1 cm³/mol. The van der Waals surface area contributed by atoms with E-state index in [2.05, 4.69) is 9.97 Å². The first kappa shape index (κ1) is 15.9. The lowest BCUT2D eigenvalue weighted by Crippen LogP contribution is -2.15. The summed E-state index contributed by atoms with van der Waals surface area (Å²) in [7, 11) is 1.47. The Morgan fingerprint density at radius 3 is 2.41 bits per heavy atom. The van der Waals surface area contributed by atoms with Crippen LogP contribution in [0.15, 0.2) is 18.2 Å². The van der Waals surface area contributed by atoms with E-state index in [9.17, 15) is 4.79 Å². The Kier molecular flexibility index (Phi) is 4.72. The van der Waals surface area contributed by atoms with Crippen LogP contribution in [-0.2, 0) is 6.61 Å². The summed E-state index contributed by atoms with van der Waals surface area (Å²) in [5, 5.41) is 9.12. The van der Waals surface area contributed by atoms with Crippen LogP contribution in [0, 0.1) is 20.8 Å². The molecule has 0 aliphatic rings. The zero-order valence-corrected chi connectivity index (χ0v) is 13.0. The van der Waals surface area contributed by atoms with Crippen LogP contribution < -0.4 is 9.47 Å². The fraction of sp³-hybridized carbons (Fsp3) is 0.312. The average molecular weight is 302 g/mol. The monoisotopic (exact) mass is 302 g/mol. The van der Waals surface area contributed by atoms with Gasteiger partial charge in [0, 0.05) is 0 Å². The molecule has 1 aromatic heterocycles. The maximum Gasteiger partial charge on any atom is 0.364 e. The molecule has 1 aromatic carbocycles. The highest BCUT2D eigenvalue weighted by molar-refractivity contribution is 5.90. The minimum absolute atomic E-state index is 0.119. The lowest BCUT2D eigenvalue weighted by molar-refractivity contribution is 0.0721. The Hall–Kier alpha value is -2.47. The minimum Gasteiger partial charge on any atom is -0.493 e. The van der Waals surface area contributed by atoms with E-state index in [4.69, 9.17) is 14.6 Å². The van der Waals surface area contributed by atoms with E-state index < -0.39 is 5.97 Å². The molecule has 0 spiro atoms. The van der Waals surface area contributed by atoms with E-state index in [0.717, 1.165) is 5.69 Å². The Morgan fingerprint density at radius 1 is 1.09 bits per heavy atom. The number of esters is 1. The van der Waals surface area contributed by atoms with Crippen LogP contribution >= 0.6 is 0 Å². The van der Waals surface area contributed by atoms with Gasteiger partial charge in [-0.1, -0.05) is 6.07 Å². The molecule has 0 amide bonds. The topological polar surface area (TPSA) is 81.5 Å². The molecule has 0 unspecified atom stereocenters. The molecule has 1 heterocycles. The smallest absolute Gasteiger partial charge is 0.364 e. The van der Waals surface area contributed by atoms with Crippen LogP contribution in [0.3, 0.4) is 0 Å². The molecule has 6 heteroatoms. The van der Waals surface area contributed by atoms with E-state index in [1.807, 2.05) is 6.92 Å². The van der Waals surface area contributed by atoms with Crippen molar-refractivity contribution < 1.29 is 19.4 Å². The Balaban J connectivity index is 2.31. The molecule has 0 radical (unpaired) electrons. The van der Waals surface area contributed by atoms with Gasteiger partial charge < -0.3 is 14.6 Å². The van der Waals surface area contributed by atoms with Gasteiger partial charge in [-0.25, -0.2) is 9.78 Å². The van der Waals surface area contributed by atoms with E-state index in [0.29, 0.717) is 22.7 Å². The highest BCUT2D eigenvalue weighted by Crippen LogP contribution is 2.29. The second-order valence-corrected chi connectivity index (χ2v) is 4.86. The third kappa shape index (κ3) is 3.23. The van der Waals surface area contributed by atoms with Gasteiger partial charge in [-0.2, -0.15) is 0 Å². The van der Waals surface area contributed by atoms with Gasteiger partial charge in [0.2, 0.25) is 0 Å². The van der Waals surface area contributed by atoms with Gasteiger partial charge >= 0.3 is 5.97 Å². The number of carbonyl (C=O) groups excluding carboxylic acids is 1. The van der Waals surface area contributed by atoms with Crippen molar-refractivity contribution in [3.05, 3.63) is 46.5 Å². The molecule has 0 saturated carbocycles. The quantitative estimate of drug-likeness (QED) is 0.688. The van der Waals surface area contributed by atoms with Crippen molar-refractivity contribution in [3.8, 4) is 11.5 Å². The summed E-state index contributed by atoms with van der Waals surface area (Å²) in [5.41, 5.74) is 2.81. The Labute approximate surface area is 128 Å². The van der Waals surface area contributed by atoms with Crippen molar-refractivity contribution in [3.63, 3.8) is 0 Å². The maximum atomic E-state index is 12.3. The number of aromatic nitrogens is 2. The molecule has 0 saturated heterocycles. The van der Waals surface area contributed by atoms with E-state index >= 15 is 0 Å². The lowest BCUT2D eigenvalue weighted by Gasteiger charge is -2.11. The summed E-state index contributed by atoms with van der Waals surface area (Å²) in [6.07, 6.45) is 0. The number of carbonyl (C=O) groups is 1. The van der Waals surface area contributed by atoms with Crippen LogP contribution in [0.1, 0.15) is 33.1 Å². The van der Waals surface area contributed by atoms with Crippen LogP contribution in [0.5, 0.6) is 11.5 Å². The number of methoxy groups -OCH3 is 1. The average Bonchev–Trinajstić information content (AvgIpc) is 2.51. The standard InChI is InChI=1S/C16H18N2O4/c1-9-10(2)18-15(11(3)17-9)16(20)22-13-6-5-12(8-19)7-14(13)21-4/h5-7,19H,8H2,1-4H3. The number of hydrogen-bond acceptors (Lipinski definition) is 6. The summed E-state index contributed by atoms with van der Waals surface area (Å²) < 4.78 is 10.5. The number of rotatable bonds is 4. The van der Waals surface area contributed by atoms with Crippen molar-refractivity contribution in [2.45, 2.75) is 27.4 Å². The first-order chi connectivity index (χ1) is 10.5. The second-order valence-electron chi connectivity index (χ2n) is 4.86. The molecule has 2 aromatic rings. The summed E-state index contributed by atoms with van der Waals surface area (Å²) in [5.74, 6) is 0.0432. The number of aliphatic hydroxyl groups is 1. The van der Waals surface area contributed by atoms with Gasteiger partial charge in [-0.05, 0) is 38.5 Å². The molecule has 22 heavy (non-hydrogen) atoms. The molecular formula is C16H18N2O4. The zero-order valence-electron chi connectivity index (χ0n) is 13.0. The van der Waals surface area contributed by atoms with Crippen LogP contribution in [-0.4, -0.2) is 28.2 Å². The number of ether oxygens (including phenoxy) is 2. The normalized spacial score (nSPS) is 10.4. The van der Waals surface area contributed by atoms with Gasteiger partial charge in [0.1, 0.15) is 0 Å². The molecule has 0 atom stereocenters. The zero-order chi connectivity index (χ0) is 16.3. The van der Waals surface area contributed by atoms with Crippen molar-refractivity contribution in [1.29, 1.82) is 0 Å². The third-order valence-electron chi connectivity index (χ3n) is 3.29. The maximum absolute atomic E-state index is 12.3. The Morgan fingerprint density at radius 2 is 1.77 bits per heavy atom. The fourth-order valence-corrected chi connectivity index (χ4v) is 1.95. The largest absolute Gasteiger partial charge is 0.493 e. The number of aryl methyl sites for hydroxylation is 3. The highest BCUT2D eigenvalue weighted by atomic mass is 16.6. The number of nitrogens with zero attached hydrogens (tertiary/aromatic N) is 2. The van der Waals surface area contributed by atoms with Crippen molar-refractivity contribution in [2.24, 2.45) is 0 Å². The molecular weight excluding hydrogens is 284 g/mol. The molecule has 116 valence electrons. The van der Waals surface area contributed by atoms with E-state index in [-0.39, 0.29) is 18.1 Å². The predicted octanol–water partition coefficient (Wildman–Crippen LogP) is 2.12. The van der Waals surface area contributed by atoms with Crippen molar-refractivity contribution >= 4 is 5.97 Å². The van der Waals surface area contributed by atoms with Gasteiger partial charge in [0.25, 0.3) is 0 Å². The molecule has 0 fully saturated rings. The van der Waals surface area contributed by atoms with Crippen molar-refractivity contribution in [2.75, 3.05) is 7.11 Å². The van der Waals surface area contributed by atoms with Crippen LogP contribution in [0.4, 0.5) is 0 Å². The summed E-state index contributed by atoms with van der Waals surface area (Å²) in [6.45, 7) is 5.21. The molecule has 1 N–H and O–H groups in total. The number of hydrogen-bond donors (Lipinski definition) is 1. The first-order valence-electron chi connectivity index (χ1n) is 6.78. The number of aliphatic hydroxyl groups excluding tert-OH is 1. The van der Waals surface area contributed by atoms with Crippen LogP contribution in [0.2, 0.25) is 0 Å². The molecule has 0 aliphatic heterocycles. The molecule has 2 rings (SSSR count). The molecule has 0 aliphatic carbocycles. The summed E-state index contributed by atoms with van der Waals surface area (Å²) in [6, 6.07) is 4.84. The number of benzene rings is 1. The van der Waals surface area contributed by atoms with Gasteiger partial charge in [0.05, 0.1) is 30.8 Å². The van der Waals surface area contributed by atoms with Gasteiger partial charge in [-0.15, -0.1) is 0 Å². The van der Waals surface area contributed by atoms with Gasteiger partial charge in [-0.3, -0.25) is 4.98 Å². The highest BCUT2D eigenvalue weighted by Gasteiger charge is 2.18. The minimum atomic E-state index is -0.594. The molecule has 0 bridgehead atoms. The third-order valence-corrected chi connectivity index (χ3v) is 3.29. The van der Waals surface area contributed by atoms with E-state index in [1.165, 1.54) is 7.11 Å². The lowest BCUT2D eigenvalue weighted by atomic mass is 10.2. The van der Waals surface area contributed by atoms with Crippen LogP contribution in [0.25, 0.3) is 0 Å². The van der Waals surface area contributed by atoms with Crippen molar-refractivity contribution in [1.82, 2.24) is 9.97 Å². The van der Waals surface area contributed by atoms with E-state index in [1.54, 1.807) is 32.0 Å². The summed E-state index contributed by atoms with van der Waals surface area (Å²) >= 11 is 0.